The number of carbonyl (C=O) groups excluding carboxylic acids is 1. The van der Waals surface area contributed by atoms with E-state index in [0.717, 1.165) is 19.3 Å². The number of nitrogens with one attached hydrogen (secondary N) is 1. The summed E-state index contributed by atoms with van der Waals surface area (Å²) in [4.78, 5) is 12.3. The molecule has 0 atom stereocenters. The van der Waals surface area contributed by atoms with Crippen LogP contribution in [0.3, 0.4) is 0 Å². The number of ether oxygens (including phenoxy) is 1. The summed E-state index contributed by atoms with van der Waals surface area (Å²) in [7, 11) is 1.65. The lowest BCUT2D eigenvalue weighted by molar-refractivity contribution is -0.123. The third-order valence-electron chi connectivity index (χ3n) is 3.76. The number of carbonyl (C=O) groups is 1. The van der Waals surface area contributed by atoms with E-state index < -0.39 is 5.41 Å². The average molecular weight is 290 g/mol. The van der Waals surface area contributed by atoms with Crippen LogP contribution in [0.5, 0.6) is 0 Å². The average Bonchev–Trinajstić information content (AvgIpc) is 2.94. The summed E-state index contributed by atoms with van der Waals surface area (Å²) in [6.07, 6.45) is 3.97. The quantitative estimate of drug-likeness (QED) is 0.790. The van der Waals surface area contributed by atoms with Crippen molar-refractivity contribution in [3.63, 3.8) is 0 Å². The van der Waals surface area contributed by atoms with Gasteiger partial charge in [-0.05, 0) is 31.4 Å². The Morgan fingerprint density at radius 1 is 1.48 bits per heavy atom. The molecular formula is C15H18N2O4. The van der Waals surface area contributed by atoms with Crippen molar-refractivity contribution < 1.29 is 18.5 Å². The molecule has 2 heterocycles. The van der Waals surface area contributed by atoms with Gasteiger partial charge in [0.25, 0.3) is 0 Å². The molecule has 112 valence electrons. The predicted molar refractivity (Wildman–Crippen MR) is 74.6 cm³/mol. The van der Waals surface area contributed by atoms with Gasteiger partial charge in [0, 0.05) is 26.3 Å². The van der Waals surface area contributed by atoms with Crippen molar-refractivity contribution in [2.24, 2.45) is 0 Å². The molecule has 0 spiro atoms. The normalized spacial score (nSPS) is 15.9. The third-order valence-corrected chi connectivity index (χ3v) is 3.76. The lowest BCUT2D eigenvalue weighted by Gasteiger charge is -2.12. The van der Waals surface area contributed by atoms with Crippen LogP contribution in [0.2, 0.25) is 0 Å². The minimum atomic E-state index is -0.526. The number of hydrogen-bond donors (Lipinski definition) is 1. The van der Waals surface area contributed by atoms with E-state index in [-0.39, 0.29) is 5.91 Å². The molecule has 1 aliphatic rings. The maximum atomic E-state index is 12.3. The molecule has 1 saturated carbocycles. The van der Waals surface area contributed by atoms with E-state index in [4.69, 9.17) is 13.7 Å². The molecule has 6 heteroatoms. The Morgan fingerprint density at radius 3 is 3.00 bits per heavy atom. The van der Waals surface area contributed by atoms with Crippen LogP contribution >= 0.6 is 0 Å². The molecular weight excluding hydrogens is 272 g/mol. The summed E-state index contributed by atoms with van der Waals surface area (Å²) < 4.78 is 15.5. The van der Waals surface area contributed by atoms with Gasteiger partial charge < -0.3 is 19.0 Å². The van der Waals surface area contributed by atoms with Gasteiger partial charge in [-0.3, -0.25) is 4.79 Å². The Balaban J connectivity index is 1.67. The molecule has 0 bridgehead atoms. The number of methoxy groups -OCH3 is 1. The molecule has 0 saturated heterocycles. The Bertz CT molecular complexity index is 599. The number of aromatic nitrogens is 1. The van der Waals surface area contributed by atoms with Gasteiger partial charge in [-0.1, -0.05) is 5.16 Å². The first-order valence-corrected chi connectivity index (χ1v) is 7.04. The zero-order chi connectivity index (χ0) is 14.7. The van der Waals surface area contributed by atoms with E-state index in [9.17, 15) is 4.79 Å². The van der Waals surface area contributed by atoms with Gasteiger partial charge in [0.2, 0.25) is 11.7 Å². The highest BCUT2D eigenvalue weighted by molar-refractivity contribution is 5.90. The molecule has 0 aromatic carbocycles. The van der Waals surface area contributed by atoms with Crippen molar-refractivity contribution in [1.82, 2.24) is 10.5 Å². The third kappa shape index (κ3) is 2.71. The first-order valence-electron chi connectivity index (χ1n) is 7.04. The maximum absolute atomic E-state index is 12.3. The second-order valence-corrected chi connectivity index (χ2v) is 5.24. The van der Waals surface area contributed by atoms with Gasteiger partial charge in [-0.2, -0.15) is 0 Å². The number of hydrogen-bond acceptors (Lipinski definition) is 5. The highest BCUT2D eigenvalue weighted by atomic mass is 16.5. The lowest BCUT2D eigenvalue weighted by atomic mass is 10.0. The van der Waals surface area contributed by atoms with Crippen LogP contribution in [0.15, 0.2) is 33.4 Å². The topological polar surface area (TPSA) is 77.5 Å². The summed E-state index contributed by atoms with van der Waals surface area (Å²) >= 11 is 0. The Morgan fingerprint density at radius 2 is 2.33 bits per heavy atom. The van der Waals surface area contributed by atoms with Crippen molar-refractivity contribution >= 4 is 5.91 Å². The van der Waals surface area contributed by atoms with Crippen molar-refractivity contribution in [3.05, 3.63) is 30.2 Å². The Kier molecular flexibility index (Phi) is 3.79. The van der Waals surface area contributed by atoms with Crippen molar-refractivity contribution in [2.45, 2.75) is 24.7 Å². The highest BCUT2D eigenvalue weighted by Crippen LogP contribution is 2.48. The smallest absolute Gasteiger partial charge is 0.232 e. The van der Waals surface area contributed by atoms with Crippen LogP contribution in [0.25, 0.3) is 11.5 Å². The van der Waals surface area contributed by atoms with Crippen molar-refractivity contribution in [3.8, 4) is 11.5 Å². The van der Waals surface area contributed by atoms with Crippen LogP contribution in [-0.2, 0) is 14.9 Å². The predicted octanol–water partition coefficient (Wildman–Crippen LogP) is 2.12. The second-order valence-electron chi connectivity index (χ2n) is 5.24. The zero-order valence-electron chi connectivity index (χ0n) is 11.9. The molecule has 0 unspecified atom stereocenters. The molecule has 0 aliphatic heterocycles. The van der Waals surface area contributed by atoms with Gasteiger partial charge in [-0.25, -0.2) is 0 Å². The van der Waals surface area contributed by atoms with E-state index >= 15 is 0 Å². The van der Waals surface area contributed by atoms with E-state index in [1.807, 2.05) is 0 Å². The summed E-state index contributed by atoms with van der Waals surface area (Å²) in [6, 6.07) is 5.38. The molecule has 1 aliphatic carbocycles. The first-order chi connectivity index (χ1) is 10.3. The minimum absolute atomic E-state index is 0.0119. The first kappa shape index (κ1) is 13.9. The highest BCUT2D eigenvalue weighted by Gasteiger charge is 2.53. The summed E-state index contributed by atoms with van der Waals surface area (Å²) in [5, 5.41) is 6.99. The van der Waals surface area contributed by atoms with Gasteiger partial charge in [0.1, 0.15) is 0 Å². The number of nitrogens with zero attached hydrogens (tertiary/aromatic N) is 1. The monoisotopic (exact) mass is 290 g/mol. The van der Waals surface area contributed by atoms with Crippen LogP contribution in [0.1, 0.15) is 25.0 Å². The van der Waals surface area contributed by atoms with E-state index in [0.29, 0.717) is 30.4 Å². The molecule has 1 amide bonds. The molecule has 2 aromatic heterocycles. The molecule has 6 nitrogen and oxygen atoms in total. The fourth-order valence-electron chi connectivity index (χ4n) is 2.35. The van der Waals surface area contributed by atoms with Crippen LogP contribution in [0.4, 0.5) is 0 Å². The standard InChI is InChI=1S/C15H18N2O4/c1-19-8-3-7-16-14(18)15(5-6-15)13-10-12(21-17-13)11-4-2-9-20-11/h2,4,9-10H,3,5-8H2,1H3,(H,16,18). The fraction of sp³-hybridized carbons (Fsp3) is 0.467. The Labute approximate surface area is 122 Å². The molecule has 0 radical (unpaired) electrons. The van der Waals surface area contributed by atoms with Gasteiger partial charge in [0.05, 0.1) is 17.4 Å². The van der Waals surface area contributed by atoms with Crippen molar-refractivity contribution in [1.29, 1.82) is 0 Å². The van der Waals surface area contributed by atoms with E-state index in [1.54, 1.807) is 31.6 Å². The molecule has 21 heavy (non-hydrogen) atoms. The van der Waals surface area contributed by atoms with E-state index in [1.165, 1.54) is 0 Å². The van der Waals surface area contributed by atoms with Crippen LogP contribution < -0.4 is 5.32 Å². The SMILES string of the molecule is COCCCNC(=O)C1(c2cc(-c3ccco3)on2)CC1. The Hall–Kier alpha value is -2.08. The fourth-order valence-corrected chi connectivity index (χ4v) is 2.35. The minimum Gasteiger partial charge on any atom is -0.461 e. The van der Waals surface area contributed by atoms with Gasteiger partial charge in [0.15, 0.2) is 5.76 Å². The number of furan rings is 1. The summed E-state index contributed by atoms with van der Waals surface area (Å²) in [6.45, 7) is 1.25. The van der Waals surface area contributed by atoms with Gasteiger partial charge in [-0.15, -0.1) is 0 Å². The molecule has 1 N–H and O–H groups in total. The molecule has 2 aromatic rings. The zero-order valence-corrected chi connectivity index (χ0v) is 11.9. The lowest BCUT2D eigenvalue weighted by Crippen LogP contribution is -2.35. The molecule has 1 fully saturated rings. The number of rotatable bonds is 7. The molecule has 3 rings (SSSR count). The largest absolute Gasteiger partial charge is 0.461 e. The number of amides is 1. The van der Waals surface area contributed by atoms with Gasteiger partial charge >= 0.3 is 0 Å². The van der Waals surface area contributed by atoms with Crippen LogP contribution in [-0.4, -0.2) is 31.3 Å². The van der Waals surface area contributed by atoms with Crippen molar-refractivity contribution in [2.75, 3.05) is 20.3 Å². The van der Waals surface area contributed by atoms with E-state index in [2.05, 4.69) is 10.5 Å². The second kappa shape index (κ2) is 5.73. The summed E-state index contributed by atoms with van der Waals surface area (Å²) in [5.74, 6) is 1.18. The van der Waals surface area contributed by atoms with Crippen LogP contribution in [0, 0.1) is 0 Å². The summed E-state index contributed by atoms with van der Waals surface area (Å²) in [5.41, 5.74) is 0.152. The maximum Gasteiger partial charge on any atom is 0.232 e.